The predicted molar refractivity (Wildman–Crippen MR) is 79.9 cm³/mol. The summed E-state index contributed by atoms with van der Waals surface area (Å²) in [5.74, 6) is 0.790. The summed E-state index contributed by atoms with van der Waals surface area (Å²) >= 11 is 0. The van der Waals surface area contributed by atoms with Crippen molar-refractivity contribution in [2.75, 3.05) is 6.61 Å². The van der Waals surface area contributed by atoms with Gasteiger partial charge in [0.25, 0.3) is 0 Å². The number of halogens is 1. The van der Waals surface area contributed by atoms with E-state index in [1.807, 2.05) is 22.9 Å². The largest absolute Gasteiger partial charge is 0.495 e. The van der Waals surface area contributed by atoms with Crippen molar-refractivity contribution >= 4 is 5.70 Å². The highest BCUT2D eigenvalue weighted by molar-refractivity contribution is 5.54. The van der Waals surface area contributed by atoms with Gasteiger partial charge >= 0.3 is 0 Å². The quantitative estimate of drug-likeness (QED) is 0.856. The molecule has 1 aromatic carbocycles. The van der Waals surface area contributed by atoms with E-state index in [4.69, 9.17) is 4.74 Å². The molecule has 0 atom stereocenters. The highest BCUT2D eigenvalue weighted by Gasteiger charge is 2.34. The second kappa shape index (κ2) is 5.35. The Morgan fingerprint density at radius 1 is 1.33 bits per heavy atom. The van der Waals surface area contributed by atoms with Crippen molar-refractivity contribution in [3.63, 3.8) is 0 Å². The number of hydrogen-bond acceptors (Lipinski definition) is 2. The van der Waals surface area contributed by atoms with Crippen LogP contribution in [0.1, 0.15) is 25.8 Å². The van der Waals surface area contributed by atoms with Crippen LogP contribution in [0, 0.1) is 11.2 Å². The molecule has 0 aliphatic carbocycles. The van der Waals surface area contributed by atoms with Crippen LogP contribution in [-0.4, -0.2) is 16.2 Å². The Bertz CT molecular complexity index is 642. The van der Waals surface area contributed by atoms with Gasteiger partial charge in [-0.1, -0.05) is 26.0 Å². The summed E-state index contributed by atoms with van der Waals surface area (Å²) in [7, 11) is 0. The van der Waals surface area contributed by atoms with E-state index in [1.165, 1.54) is 12.1 Å². The third-order valence-corrected chi connectivity index (χ3v) is 3.95. The summed E-state index contributed by atoms with van der Waals surface area (Å²) in [5, 5.41) is 0. The van der Waals surface area contributed by atoms with Crippen molar-refractivity contribution in [3.05, 3.63) is 60.1 Å². The maximum Gasteiger partial charge on any atom is 0.123 e. The molecule has 0 saturated carbocycles. The highest BCUT2D eigenvalue weighted by atomic mass is 19.1. The van der Waals surface area contributed by atoms with E-state index in [0.29, 0.717) is 6.42 Å². The van der Waals surface area contributed by atoms with Crippen LogP contribution in [0.15, 0.2) is 48.7 Å². The van der Waals surface area contributed by atoms with Crippen LogP contribution in [0.3, 0.4) is 0 Å². The molecule has 0 unspecified atom stereocenters. The monoisotopic (exact) mass is 286 g/mol. The number of ether oxygens (including phenoxy) is 1. The van der Waals surface area contributed by atoms with Crippen molar-refractivity contribution in [3.8, 4) is 0 Å². The van der Waals surface area contributed by atoms with Gasteiger partial charge in [-0.25, -0.2) is 9.37 Å². The van der Waals surface area contributed by atoms with Crippen molar-refractivity contribution < 1.29 is 9.13 Å². The van der Waals surface area contributed by atoms with Crippen LogP contribution in [0.4, 0.5) is 4.39 Å². The fourth-order valence-corrected chi connectivity index (χ4v) is 2.69. The first-order chi connectivity index (χ1) is 10.1. The summed E-state index contributed by atoms with van der Waals surface area (Å²) in [5.41, 5.74) is 2.14. The zero-order valence-corrected chi connectivity index (χ0v) is 12.3. The standard InChI is InChI=1S/C17H19FN2O/c1-17(2)7-10-21-16(17)15(20-9-8-19-12-20)11-13-3-5-14(18)6-4-13/h3-6,8-9,12H,7,10-11H2,1-2H3. The molecule has 110 valence electrons. The minimum Gasteiger partial charge on any atom is -0.495 e. The number of imidazole rings is 1. The Hall–Kier alpha value is -2.10. The Morgan fingerprint density at radius 2 is 2.10 bits per heavy atom. The predicted octanol–water partition coefficient (Wildman–Crippen LogP) is 3.88. The van der Waals surface area contributed by atoms with Gasteiger partial charge in [0.1, 0.15) is 11.6 Å². The molecule has 3 nitrogen and oxygen atoms in total. The molecular weight excluding hydrogens is 267 g/mol. The lowest BCUT2D eigenvalue weighted by atomic mass is 9.87. The highest BCUT2D eigenvalue weighted by Crippen LogP contribution is 2.41. The maximum atomic E-state index is 13.1. The third kappa shape index (κ3) is 2.84. The smallest absolute Gasteiger partial charge is 0.123 e. The number of aromatic nitrogens is 2. The molecular formula is C17H19FN2O. The van der Waals surface area contributed by atoms with Gasteiger partial charge in [-0.15, -0.1) is 0 Å². The first-order valence-corrected chi connectivity index (χ1v) is 7.15. The van der Waals surface area contributed by atoms with Crippen molar-refractivity contribution in [1.29, 1.82) is 0 Å². The Kier molecular flexibility index (Phi) is 3.53. The summed E-state index contributed by atoms with van der Waals surface area (Å²) in [6.07, 6.45) is 7.15. The molecule has 4 heteroatoms. The summed E-state index contributed by atoms with van der Waals surface area (Å²) in [6.45, 7) is 5.12. The molecule has 21 heavy (non-hydrogen) atoms. The van der Waals surface area contributed by atoms with E-state index in [0.717, 1.165) is 30.0 Å². The van der Waals surface area contributed by atoms with Gasteiger partial charge in [0.15, 0.2) is 0 Å². The van der Waals surface area contributed by atoms with Crippen LogP contribution in [0.5, 0.6) is 0 Å². The van der Waals surface area contributed by atoms with Crippen molar-refractivity contribution in [1.82, 2.24) is 9.55 Å². The Morgan fingerprint density at radius 3 is 2.67 bits per heavy atom. The van der Waals surface area contributed by atoms with E-state index in [2.05, 4.69) is 18.8 Å². The molecule has 1 aliphatic rings. The lowest BCUT2D eigenvalue weighted by molar-refractivity contribution is 0.249. The van der Waals surface area contributed by atoms with E-state index in [-0.39, 0.29) is 11.2 Å². The molecule has 2 aromatic rings. The van der Waals surface area contributed by atoms with Gasteiger partial charge < -0.3 is 9.30 Å². The second-order valence-electron chi connectivity index (χ2n) is 6.03. The van der Waals surface area contributed by atoms with Gasteiger partial charge in [-0.05, 0) is 24.1 Å². The lowest BCUT2D eigenvalue weighted by Crippen LogP contribution is -2.14. The second-order valence-corrected chi connectivity index (χ2v) is 6.03. The van der Waals surface area contributed by atoms with E-state index in [9.17, 15) is 4.39 Å². The lowest BCUT2D eigenvalue weighted by Gasteiger charge is -2.22. The summed E-state index contributed by atoms with van der Waals surface area (Å²) in [4.78, 5) is 4.13. The van der Waals surface area contributed by atoms with Gasteiger partial charge in [-0.2, -0.15) is 0 Å². The topological polar surface area (TPSA) is 27.1 Å². The van der Waals surface area contributed by atoms with Gasteiger partial charge in [0.05, 0.1) is 18.6 Å². The first-order valence-electron chi connectivity index (χ1n) is 7.15. The van der Waals surface area contributed by atoms with Gasteiger partial charge in [-0.3, -0.25) is 0 Å². The Balaban J connectivity index is 2.02. The van der Waals surface area contributed by atoms with E-state index >= 15 is 0 Å². The van der Waals surface area contributed by atoms with E-state index < -0.39 is 0 Å². The molecule has 1 saturated heterocycles. The number of hydrogen-bond donors (Lipinski definition) is 0. The average Bonchev–Trinajstić information content (AvgIpc) is 3.08. The molecule has 0 bridgehead atoms. The molecule has 1 fully saturated rings. The van der Waals surface area contributed by atoms with Crippen molar-refractivity contribution in [2.24, 2.45) is 5.41 Å². The third-order valence-electron chi connectivity index (χ3n) is 3.95. The Labute approximate surface area is 124 Å². The van der Waals surface area contributed by atoms with Gasteiger partial charge in [0.2, 0.25) is 0 Å². The number of rotatable bonds is 3. The van der Waals surface area contributed by atoms with Crippen LogP contribution in [0.2, 0.25) is 0 Å². The zero-order valence-electron chi connectivity index (χ0n) is 12.3. The van der Waals surface area contributed by atoms with Crippen LogP contribution in [-0.2, 0) is 11.2 Å². The molecule has 2 heterocycles. The summed E-state index contributed by atoms with van der Waals surface area (Å²) < 4.78 is 21.0. The SMILES string of the molecule is CC1(C)CCOC1=C(Cc1ccc(F)cc1)n1ccnc1. The molecule has 0 amide bonds. The van der Waals surface area contributed by atoms with E-state index in [1.54, 1.807) is 12.5 Å². The average molecular weight is 286 g/mol. The minimum atomic E-state index is -0.215. The minimum absolute atomic E-state index is 0.0135. The fourth-order valence-electron chi connectivity index (χ4n) is 2.69. The molecule has 0 spiro atoms. The number of nitrogens with zero attached hydrogens (tertiary/aromatic N) is 2. The number of benzene rings is 1. The number of allylic oxidation sites excluding steroid dienone is 2. The molecule has 0 radical (unpaired) electrons. The van der Waals surface area contributed by atoms with Gasteiger partial charge in [0, 0.05) is 24.2 Å². The van der Waals surface area contributed by atoms with Crippen LogP contribution >= 0.6 is 0 Å². The zero-order chi connectivity index (χ0) is 14.9. The fraction of sp³-hybridized carbons (Fsp3) is 0.353. The first kappa shape index (κ1) is 13.9. The molecule has 1 aromatic heterocycles. The molecule has 0 N–H and O–H groups in total. The normalized spacial score (nSPS) is 19.4. The van der Waals surface area contributed by atoms with Crippen molar-refractivity contribution in [2.45, 2.75) is 26.7 Å². The van der Waals surface area contributed by atoms with Crippen LogP contribution in [0.25, 0.3) is 5.70 Å². The van der Waals surface area contributed by atoms with Crippen LogP contribution < -0.4 is 0 Å². The maximum absolute atomic E-state index is 13.1. The molecule has 3 rings (SSSR count). The molecule has 1 aliphatic heterocycles. The summed E-state index contributed by atoms with van der Waals surface area (Å²) in [6, 6.07) is 6.61.